The summed E-state index contributed by atoms with van der Waals surface area (Å²) < 4.78 is 0. The van der Waals surface area contributed by atoms with Gasteiger partial charge < -0.3 is 15.3 Å². The molecule has 5 rings (SSSR count). The number of thiophene rings is 1. The van der Waals surface area contributed by atoms with Crippen LogP contribution in [0.15, 0.2) is 72.9 Å². The summed E-state index contributed by atoms with van der Waals surface area (Å²) in [5, 5.41) is 13.0. The van der Waals surface area contributed by atoms with Crippen LogP contribution in [0.1, 0.15) is 39.4 Å². The van der Waals surface area contributed by atoms with E-state index in [-0.39, 0.29) is 5.91 Å². The van der Waals surface area contributed by atoms with Crippen molar-refractivity contribution in [1.29, 1.82) is 0 Å². The lowest BCUT2D eigenvalue weighted by Gasteiger charge is -2.13. The van der Waals surface area contributed by atoms with E-state index in [1.807, 2.05) is 59.5 Å². The molecule has 6 nitrogen and oxygen atoms in total. The standard InChI is InChI=1S/C25H22N4O2S/c1-16(30)17-7-4-8-20(13-17)27-25-26-12-11-21(28-25)22-9-10-23(32-22)24(31)29-14-18-5-2-3-6-19(18)15-29/h2-13,16,30H,14-15H2,1H3,(H,26,27,28). The highest BCUT2D eigenvalue weighted by atomic mass is 32.1. The second-order valence-electron chi connectivity index (χ2n) is 7.79. The van der Waals surface area contributed by atoms with Crippen molar-refractivity contribution < 1.29 is 9.90 Å². The van der Waals surface area contributed by atoms with Crippen LogP contribution in [0.4, 0.5) is 11.6 Å². The third-order valence-corrected chi connectivity index (χ3v) is 6.57. The van der Waals surface area contributed by atoms with Gasteiger partial charge in [-0.05, 0) is 53.9 Å². The van der Waals surface area contributed by atoms with Crippen LogP contribution in [0.5, 0.6) is 0 Å². The Hall–Kier alpha value is -3.55. The molecule has 2 N–H and O–H groups in total. The van der Waals surface area contributed by atoms with E-state index in [1.54, 1.807) is 13.1 Å². The molecule has 3 heterocycles. The van der Waals surface area contributed by atoms with Crippen molar-refractivity contribution in [1.82, 2.24) is 14.9 Å². The van der Waals surface area contributed by atoms with Gasteiger partial charge in [-0.25, -0.2) is 9.97 Å². The first-order valence-electron chi connectivity index (χ1n) is 10.4. The number of amides is 1. The molecule has 0 saturated heterocycles. The Balaban J connectivity index is 1.32. The zero-order valence-electron chi connectivity index (χ0n) is 17.5. The number of anilines is 2. The molecule has 1 unspecified atom stereocenters. The molecular weight excluding hydrogens is 420 g/mol. The number of nitrogens with zero attached hydrogens (tertiary/aromatic N) is 3. The van der Waals surface area contributed by atoms with E-state index in [9.17, 15) is 9.90 Å². The van der Waals surface area contributed by atoms with Gasteiger partial charge in [0.25, 0.3) is 5.91 Å². The van der Waals surface area contributed by atoms with Gasteiger partial charge in [0.15, 0.2) is 0 Å². The molecular formula is C25H22N4O2S. The van der Waals surface area contributed by atoms with Gasteiger partial charge in [-0.2, -0.15) is 0 Å². The summed E-state index contributed by atoms with van der Waals surface area (Å²) in [5.41, 5.74) is 4.79. The maximum atomic E-state index is 13.0. The summed E-state index contributed by atoms with van der Waals surface area (Å²) in [6.07, 6.45) is 1.15. The Morgan fingerprint density at radius 1 is 1.06 bits per heavy atom. The van der Waals surface area contributed by atoms with Gasteiger partial charge in [0, 0.05) is 25.0 Å². The van der Waals surface area contributed by atoms with Gasteiger partial charge in [0.2, 0.25) is 5.95 Å². The zero-order valence-corrected chi connectivity index (χ0v) is 18.3. The highest BCUT2D eigenvalue weighted by Gasteiger charge is 2.25. The fourth-order valence-corrected chi connectivity index (χ4v) is 4.73. The maximum Gasteiger partial charge on any atom is 0.264 e. The largest absolute Gasteiger partial charge is 0.389 e. The minimum absolute atomic E-state index is 0.0415. The van der Waals surface area contributed by atoms with Crippen LogP contribution < -0.4 is 5.32 Å². The van der Waals surface area contributed by atoms with Gasteiger partial charge >= 0.3 is 0 Å². The Kier molecular flexibility index (Phi) is 5.43. The normalized spacial score (nSPS) is 13.6. The molecule has 0 radical (unpaired) electrons. The SMILES string of the molecule is CC(O)c1cccc(Nc2nccc(-c3ccc(C(=O)N4Cc5ccccc5C4)s3)n2)c1. The quantitative estimate of drug-likeness (QED) is 0.446. The fourth-order valence-electron chi connectivity index (χ4n) is 3.78. The number of carbonyl (C=O) groups is 1. The molecule has 32 heavy (non-hydrogen) atoms. The van der Waals surface area contributed by atoms with Crippen molar-refractivity contribution in [2.75, 3.05) is 5.32 Å². The summed E-state index contributed by atoms with van der Waals surface area (Å²) in [5.74, 6) is 0.501. The smallest absolute Gasteiger partial charge is 0.264 e. The van der Waals surface area contributed by atoms with E-state index in [2.05, 4.69) is 27.4 Å². The van der Waals surface area contributed by atoms with E-state index in [4.69, 9.17) is 0 Å². The number of aliphatic hydroxyl groups is 1. The number of rotatable bonds is 5. The van der Waals surface area contributed by atoms with Crippen LogP contribution in [0.25, 0.3) is 10.6 Å². The number of hydrogen-bond acceptors (Lipinski definition) is 6. The average Bonchev–Trinajstić information content (AvgIpc) is 3.46. The molecule has 1 amide bonds. The van der Waals surface area contributed by atoms with E-state index in [0.717, 1.165) is 21.8 Å². The van der Waals surface area contributed by atoms with Crippen molar-refractivity contribution in [2.45, 2.75) is 26.1 Å². The fraction of sp³-hybridized carbons (Fsp3) is 0.160. The number of fused-ring (bicyclic) bond motifs is 1. The van der Waals surface area contributed by atoms with Gasteiger partial charge in [-0.1, -0.05) is 36.4 Å². The number of hydrogen-bond donors (Lipinski definition) is 2. The lowest BCUT2D eigenvalue weighted by molar-refractivity contribution is 0.0756. The molecule has 2 aromatic heterocycles. The molecule has 0 fully saturated rings. The molecule has 4 aromatic rings. The molecule has 0 spiro atoms. The molecule has 1 aliphatic rings. The summed E-state index contributed by atoms with van der Waals surface area (Å²) in [7, 11) is 0. The van der Waals surface area contributed by atoms with Crippen LogP contribution in [-0.2, 0) is 13.1 Å². The second kappa shape index (κ2) is 8.53. The van der Waals surface area contributed by atoms with Gasteiger partial charge in [0.05, 0.1) is 21.6 Å². The first-order chi connectivity index (χ1) is 15.6. The minimum Gasteiger partial charge on any atom is -0.389 e. The number of nitrogens with one attached hydrogen (secondary N) is 1. The van der Waals surface area contributed by atoms with Gasteiger partial charge in [-0.3, -0.25) is 4.79 Å². The van der Waals surface area contributed by atoms with Gasteiger partial charge in [-0.15, -0.1) is 11.3 Å². The summed E-state index contributed by atoms with van der Waals surface area (Å²) in [4.78, 5) is 25.4. The predicted octanol–water partition coefficient (Wildman–Crippen LogP) is 5.16. The van der Waals surface area contributed by atoms with Crippen molar-refractivity contribution in [3.8, 4) is 10.6 Å². The molecule has 0 bridgehead atoms. The van der Waals surface area contributed by atoms with Crippen LogP contribution in [0, 0.1) is 0 Å². The number of aliphatic hydroxyl groups excluding tert-OH is 1. The third kappa shape index (κ3) is 4.12. The molecule has 0 aliphatic carbocycles. The number of aromatic nitrogens is 2. The van der Waals surface area contributed by atoms with Crippen molar-refractivity contribution in [3.63, 3.8) is 0 Å². The highest BCUT2D eigenvalue weighted by Crippen LogP contribution is 2.31. The molecule has 2 aromatic carbocycles. The first-order valence-corrected chi connectivity index (χ1v) is 11.2. The summed E-state index contributed by atoms with van der Waals surface area (Å²) in [6, 6.07) is 21.3. The van der Waals surface area contributed by atoms with E-state index in [0.29, 0.717) is 23.9 Å². The van der Waals surface area contributed by atoms with Crippen molar-refractivity contribution in [3.05, 3.63) is 94.5 Å². The maximum absolute atomic E-state index is 13.0. The number of benzene rings is 2. The summed E-state index contributed by atoms with van der Waals surface area (Å²) in [6.45, 7) is 3.03. The van der Waals surface area contributed by atoms with E-state index >= 15 is 0 Å². The number of carbonyl (C=O) groups excluding carboxylic acids is 1. The van der Waals surface area contributed by atoms with E-state index in [1.165, 1.54) is 22.5 Å². The van der Waals surface area contributed by atoms with Crippen molar-refractivity contribution in [2.24, 2.45) is 0 Å². The van der Waals surface area contributed by atoms with Crippen molar-refractivity contribution >= 4 is 28.9 Å². The second-order valence-corrected chi connectivity index (χ2v) is 8.87. The lowest BCUT2D eigenvalue weighted by Crippen LogP contribution is -2.24. The zero-order chi connectivity index (χ0) is 22.1. The highest BCUT2D eigenvalue weighted by molar-refractivity contribution is 7.17. The van der Waals surface area contributed by atoms with Crippen LogP contribution in [0.2, 0.25) is 0 Å². The molecule has 7 heteroatoms. The van der Waals surface area contributed by atoms with Crippen LogP contribution in [-0.4, -0.2) is 25.9 Å². The monoisotopic (exact) mass is 442 g/mol. The summed E-state index contributed by atoms with van der Waals surface area (Å²) >= 11 is 1.44. The minimum atomic E-state index is -0.547. The molecule has 1 atom stereocenters. The molecule has 0 saturated carbocycles. The molecule has 1 aliphatic heterocycles. The Bertz CT molecular complexity index is 1260. The topological polar surface area (TPSA) is 78.3 Å². The average molecular weight is 443 g/mol. The lowest BCUT2D eigenvalue weighted by atomic mass is 10.1. The predicted molar refractivity (Wildman–Crippen MR) is 126 cm³/mol. The molecule has 160 valence electrons. The first kappa shape index (κ1) is 20.4. The van der Waals surface area contributed by atoms with Gasteiger partial charge in [0.1, 0.15) is 0 Å². The Labute approximate surface area is 190 Å². The van der Waals surface area contributed by atoms with E-state index < -0.39 is 6.10 Å². The third-order valence-electron chi connectivity index (χ3n) is 5.48. The van der Waals surface area contributed by atoms with Crippen LogP contribution >= 0.6 is 11.3 Å². The Morgan fingerprint density at radius 2 is 1.84 bits per heavy atom. The Morgan fingerprint density at radius 3 is 2.59 bits per heavy atom. The van der Waals surface area contributed by atoms with Crippen LogP contribution in [0.3, 0.4) is 0 Å².